The van der Waals surface area contributed by atoms with Crippen molar-refractivity contribution in [2.75, 3.05) is 11.9 Å². The number of hydrogen-bond donors (Lipinski definition) is 3. The summed E-state index contributed by atoms with van der Waals surface area (Å²) in [5.41, 5.74) is 6.45. The van der Waals surface area contributed by atoms with Gasteiger partial charge in [0.25, 0.3) is 5.91 Å². The van der Waals surface area contributed by atoms with E-state index < -0.39 is 24.0 Å². The highest BCUT2D eigenvalue weighted by molar-refractivity contribution is 5.93. The first-order valence-electron chi connectivity index (χ1n) is 9.34. The Hall–Kier alpha value is -4.45. The molecule has 12 heteroatoms. The van der Waals surface area contributed by atoms with Gasteiger partial charge in [-0.15, -0.1) is 5.10 Å². The van der Waals surface area contributed by atoms with Crippen molar-refractivity contribution in [3.05, 3.63) is 30.2 Å². The molecule has 3 heterocycles. The van der Waals surface area contributed by atoms with E-state index in [-0.39, 0.29) is 24.0 Å². The molecule has 1 aliphatic rings. The standard InChI is InChI=1S/C19H17N9O3/c20-4-3-19(5-11(6-19)7-21)27-10-12(8-24-27)16-13-1-2-14(17(22)31)28(13)26-18(25-16)23-9-15(29)30/h1-2,8,10-11H,3,5-6,9H2,(H2,22,31)(H,23,26)(H,29,30). The van der Waals surface area contributed by atoms with Crippen LogP contribution in [0.2, 0.25) is 0 Å². The van der Waals surface area contributed by atoms with Crippen molar-refractivity contribution in [2.24, 2.45) is 11.7 Å². The quantitative estimate of drug-likeness (QED) is 0.496. The monoisotopic (exact) mass is 419 g/mol. The van der Waals surface area contributed by atoms with E-state index in [4.69, 9.17) is 16.1 Å². The second-order valence-corrected chi connectivity index (χ2v) is 7.38. The van der Waals surface area contributed by atoms with Crippen molar-refractivity contribution in [1.82, 2.24) is 24.4 Å². The molecule has 0 radical (unpaired) electrons. The number of carbonyl (C=O) groups is 2. The van der Waals surface area contributed by atoms with Crippen molar-refractivity contribution in [1.29, 1.82) is 10.5 Å². The first-order chi connectivity index (χ1) is 14.9. The molecule has 1 fully saturated rings. The molecule has 0 bridgehead atoms. The van der Waals surface area contributed by atoms with E-state index in [1.807, 2.05) is 0 Å². The summed E-state index contributed by atoms with van der Waals surface area (Å²) >= 11 is 0. The third-order valence-corrected chi connectivity index (χ3v) is 5.35. The van der Waals surface area contributed by atoms with Crippen LogP contribution in [0.1, 0.15) is 29.8 Å². The zero-order chi connectivity index (χ0) is 22.2. The maximum absolute atomic E-state index is 11.8. The number of hydrogen-bond acceptors (Lipinski definition) is 8. The van der Waals surface area contributed by atoms with E-state index in [1.54, 1.807) is 23.1 Å². The Morgan fingerprint density at radius 1 is 1.35 bits per heavy atom. The number of anilines is 1. The number of carboxylic acid groups (broad SMARTS) is 1. The Balaban J connectivity index is 1.79. The minimum Gasteiger partial charge on any atom is -0.480 e. The summed E-state index contributed by atoms with van der Waals surface area (Å²) < 4.78 is 2.98. The number of primary amides is 1. The average molecular weight is 419 g/mol. The molecule has 4 rings (SSSR count). The fourth-order valence-corrected chi connectivity index (χ4v) is 3.84. The molecule has 0 aromatic carbocycles. The van der Waals surface area contributed by atoms with E-state index in [1.165, 1.54) is 10.6 Å². The summed E-state index contributed by atoms with van der Waals surface area (Å²) in [4.78, 5) is 27.1. The number of carboxylic acids is 1. The van der Waals surface area contributed by atoms with Crippen molar-refractivity contribution in [3.8, 4) is 23.4 Å². The Labute approximate surface area is 175 Å². The molecule has 156 valence electrons. The van der Waals surface area contributed by atoms with Gasteiger partial charge in [-0.3, -0.25) is 14.3 Å². The van der Waals surface area contributed by atoms with E-state index in [2.05, 4.69) is 32.6 Å². The lowest BCUT2D eigenvalue weighted by atomic mass is 9.67. The van der Waals surface area contributed by atoms with Crippen LogP contribution in [0.25, 0.3) is 16.8 Å². The summed E-state index contributed by atoms with van der Waals surface area (Å²) in [6.07, 6.45) is 4.57. The highest BCUT2D eigenvalue weighted by Gasteiger charge is 2.46. The number of aliphatic carboxylic acids is 1. The van der Waals surface area contributed by atoms with Gasteiger partial charge in [0.05, 0.1) is 41.7 Å². The van der Waals surface area contributed by atoms with Gasteiger partial charge in [0.15, 0.2) is 0 Å². The highest BCUT2D eigenvalue weighted by atomic mass is 16.4. The normalized spacial score (nSPS) is 19.9. The second-order valence-electron chi connectivity index (χ2n) is 7.38. The van der Waals surface area contributed by atoms with Gasteiger partial charge >= 0.3 is 5.97 Å². The Bertz CT molecular complexity index is 1270. The van der Waals surface area contributed by atoms with Gasteiger partial charge in [-0.2, -0.15) is 15.6 Å². The van der Waals surface area contributed by atoms with Crippen LogP contribution in [0.5, 0.6) is 0 Å². The Morgan fingerprint density at radius 3 is 2.77 bits per heavy atom. The molecule has 31 heavy (non-hydrogen) atoms. The molecule has 1 aliphatic carbocycles. The zero-order valence-electron chi connectivity index (χ0n) is 16.2. The van der Waals surface area contributed by atoms with Gasteiger partial charge in [0.2, 0.25) is 5.95 Å². The zero-order valence-corrected chi connectivity index (χ0v) is 16.2. The molecule has 0 spiro atoms. The lowest BCUT2D eigenvalue weighted by molar-refractivity contribution is -0.134. The van der Waals surface area contributed by atoms with Gasteiger partial charge < -0.3 is 16.2 Å². The van der Waals surface area contributed by atoms with Crippen molar-refractivity contribution < 1.29 is 14.7 Å². The molecule has 0 aliphatic heterocycles. The maximum Gasteiger partial charge on any atom is 0.322 e. The van der Waals surface area contributed by atoms with Gasteiger partial charge in [0.1, 0.15) is 17.9 Å². The number of nitrogens with zero attached hydrogens (tertiary/aromatic N) is 7. The predicted molar refractivity (Wildman–Crippen MR) is 105 cm³/mol. The first-order valence-corrected chi connectivity index (χ1v) is 9.34. The number of carbonyl (C=O) groups excluding carboxylic acids is 1. The molecule has 0 atom stereocenters. The minimum atomic E-state index is -1.10. The number of fused-ring (bicyclic) bond motifs is 1. The maximum atomic E-state index is 11.8. The van der Waals surface area contributed by atoms with E-state index in [0.717, 1.165) is 0 Å². The van der Waals surface area contributed by atoms with Crippen LogP contribution >= 0.6 is 0 Å². The van der Waals surface area contributed by atoms with Crippen molar-refractivity contribution in [2.45, 2.75) is 24.8 Å². The van der Waals surface area contributed by atoms with Crippen LogP contribution in [0.4, 0.5) is 5.95 Å². The lowest BCUT2D eigenvalue weighted by Gasteiger charge is -2.43. The molecular formula is C19H17N9O3. The van der Waals surface area contributed by atoms with E-state index in [9.17, 15) is 14.9 Å². The summed E-state index contributed by atoms with van der Waals surface area (Å²) in [6.45, 7) is -0.418. The highest BCUT2D eigenvalue weighted by Crippen LogP contribution is 2.46. The van der Waals surface area contributed by atoms with Crippen LogP contribution in [0, 0.1) is 28.6 Å². The average Bonchev–Trinajstić information content (AvgIpc) is 3.35. The lowest BCUT2D eigenvalue weighted by Crippen LogP contribution is -2.46. The van der Waals surface area contributed by atoms with Gasteiger partial charge in [-0.25, -0.2) is 9.50 Å². The van der Waals surface area contributed by atoms with Gasteiger partial charge in [0, 0.05) is 11.8 Å². The van der Waals surface area contributed by atoms with E-state index in [0.29, 0.717) is 29.6 Å². The van der Waals surface area contributed by atoms with Crippen LogP contribution in [0.15, 0.2) is 24.5 Å². The summed E-state index contributed by atoms with van der Waals surface area (Å²) in [5.74, 6) is -1.93. The molecule has 0 saturated heterocycles. The number of rotatable bonds is 7. The van der Waals surface area contributed by atoms with Crippen molar-refractivity contribution >= 4 is 23.3 Å². The molecule has 0 unspecified atom stereocenters. The Kier molecular flexibility index (Phi) is 4.75. The largest absolute Gasteiger partial charge is 0.480 e. The molecule has 4 N–H and O–H groups in total. The summed E-state index contributed by atoms with van der Waals surface area (Å²) in [7, 11) is 0. The summed E-state index contributed by atoms with van der Waals surface area (Å²) in [6, 6.07) is 7.52. The van der Waals surface area contributed by atoms with Gasteiger partial charge in [-0.05, 0) is 25.0 Å². The number of nitrogens with one attached hydrogen (secondary N) is 1. The molecule has 3 aromatic rings. The molecule has 3 aromatic heterocycles. The SMILES string of the molecule is N#CCC1(n2cc(-c3nc(NCC(=O)O)nn4c(C(N)=O)ccc34)cn2)CC(C#N)C1. The number of amides is 1. The predicted octanol–water partition coefficient (Wildman–Crippen LogP) is 0.731. The smallest absolute Gasteiger partial charge is 0.322 e. The van der Waals surface area contributed by atoms with Crippen molar-refractivity contribution in [3.63, 3.8) is 0 Å². The fourth-order valence-electron chi connectivity index (χ4n) is 3.84. The second kappa shape index (κ2) is 7.42. The third kappa shape index (κ3) is 3.40. The molecule has 1 amide bonds. The molecule has 12 nitrogen and oxygen atoms in total. The third-order valence-electron chi connectivity index (χ3n) is 5.35. The number of aromatic nitrogens is 5. The van der Waals surface area contributed by atoms with Crippen LogP contribution in [-0.2, 0) is 10.3 Å². The fraction of sp³-hybridized carbons (Fsp3) is 0.316. The molecular weight excluding hydrogens is 402 g/mol. The van der Waals surface area contributed by atoms with E-state index >= 15 is 0 Å². The van der Waals surface area contributed by atoms with Crippen LogP contribution in [0.3, 0.4) is 0 Å². The van der Waals surface area contributed by atoms with Gasteiger partial charge in [-0.1, -0.05) is 0 Å². The van der Waals surface area contributed by atoms with Crippen LogP contribution < -0.4 is 11.1 Å². The first kappa shape index (κ1) is 19.8. The van der Waals surface area contributed by atoms with Crippen LogP contribution in [-0.4, -0.2) is 47.9 Å². The molecule has 1 saturated carbocycles. The number of nitriles is 2. The topological polar surface area (TPSA) is 188 Å². The minimum absolute atomic E-state index is 0.00345. The Morgan fingerprint density at radius 2 is 2.13 bits per heavy atom. The number of nitrogens with two attached hydrogens (primary N) is 1. The summed E-state index contributed by atoms with van der Waals surface area (Å²) in [5, 5.41) is 38.5.